The summed E-state index contributed by atoms with van der Waals surface area (Å²) in [5.74, 6) is 4.39. The molecule has 2 heteroatoms. The van der Waals surface area contributed by atoms with Crippen molar-refractivity contribution in [1.29, 1.82) is 0 Å². The molecule has 0 bridgehead atoms. The molecule has 1 rings (SSSR count). The minimum absolute atomic E-state index is 0.599. The van der Waals surface area contributed by atoms with E-state index < -0.39 is 5.91 Å². The predicted molar refractivity (Wildman–Crippen MR) is 52.0 cm³/mol. The first kappa shape index (κ1) is 9.34. The molecule has 0 spiro atoms. The molecule has 0 aliphatic rings. The first-order valence-electron chi connectivity index (χ1n) is 3.98. The fraction of sp³-hybridized carbons (Fsp3) is 0.182. The zero-order valence-corrected chi connectivity index (χ0v) is 7.72. The zero-order chi connectivity index (χ0) is 9.84. The minimum Gasteiger partial charge on any atom is -0.359 e. The van der Waals surface area contributed by atoms with Crippen LogP contribution in [-0.4, -0.2) is 5.91 Å². The molecule has 0 aromatic heterocycles. The van der Waals surface area contributed by atoms with Crippen molar-refractivity contribution in [2.75, 3.05) is 0 Å². The van der Waals surface area contributed by atoms with Crippen molar-refractivity contribution in [3.8, 4) is 11.8 Å². The highest BCUT2D eigenvalue weighted by molar-refractivity contribution is 5.92. The highest BCUT2D eigenvalue weighted by Gasteiger charge is 1.92. The van der Waals surface area contributed by atoms with Crippen LogP contribution in [0.1, 0.15) is 16.7 Å². The summed E-state index contributed by atoms with van der Waals surface area (Å²) in [4.78, 5) is 10.4. The second kappa shape index (κ2) is 3.77. The second-order valence-electron chi connectivity index (χ2n) is 2.91. The molecule has 0 saturated carbocycles. The van der Waals surface area contributed by atoms with Crippen molar-refractivity contribution in [2.45, 2.75) is 13.8 Å². The number of primary amides is 1. The van der Waals surface area contributed by atoms with E-state index in [2.05, 4.69) is 11.8 Å². The summed E-state index contributed by atoms with van der Waals surface area (Å²) in [7, 11) is 0. The number of carbonyl (C=O) groups excluding carboxylic acids is 1. The third-order valence-corrected chi connectivity index (χ3v) is 1.84. The molecule has 13 heavy (non-hydrogen) atoms. The van der Waals surface area contributed by atoms with Crippen molar-refractivity contribution in [3.05, 3.63) is 34.9 Å². The van der Waals surface area contributed by atoms with Crippen LogP contribution < -0.4 is 5.73 Å². The Morgan fingerprint density at radius 3 is 2.54 bits per heavy atom. The van der Waals surface area contributed by atoms with Gasteiger partial charge in [-0.05, 0) is 43.0 Å². The summed E-state index contributed by atoms with van der Waals surface area (Å²) < 4.78 is 0. The highest BCUT2D eigenvalue weighted by Crippen LogP contribution is 2.08. The Morgan fingerprint density at radius 1 is 1.31 bits per heavy atom. The minimum atomic E-state index is -0.599. The Hall–Kier alpha value is -1.75. The van der Waals surface area contributed by atoms with Crippen LogP contribution in [0.15, 0.2) is 18.2 Å². The van der Waals surface area contributed by atoms with Gasteiger partial charge in [-0.2, -0.15) is 0 Å². The van der Waals surface area contributed by atoms with Gasteiger partial charge in [-0.1, -0.05) is 12.0 Å². The summed E-state index contributed by atoms with van der Waals surface area (Å²) in [5, 5.41) is 0. The average Bonchev–Trinajstić information content (AvgIpc) is 2.07. The Bertz CT molecular complexity index is 396. The zero-order valence-electron chi connectivity index (χ0n) is 7.72. The number of hydrogen-bond acceptors (Lipinski definition) is 1. The molecule has 2 nitrogen and oxygen atoms in total. The molecule has 0 radical (unpaired) electrons. The molecular weight excluding hydrogens is 162 g/mol. The van der Waals surface area contributed by atoms with Gasteiger partial charge in [-0.25, -0.2) is 0 Å². The molecule has 0 aliphatic carbocycles. The van der Waals surface area contributed by atoms with Gasteiger partial charge in [0.15, 0.2) is 0 Å². The molecule has 1 amide bonds. The van der Waals surface area contributed by atoms with Crippen LogP contribution in [0.2, 0.25) is 0 Å². The topological polar surface area (TPSA) is 43.1 Å². The molecule has 1 aromatic rings. The van der Waals surface area contributed by atoms with Crippen LogP contribution >= 0.6 is 0 Å². The second-order valence-corrected chi connectivity index (χ2v) is 2.91. The first-order chi connectivity index (χ1) is 6.09. The van der Waals surface area contributed by atoms with Crippen LogP contribution in [0.3, 0.4) is 0 Å². The number of amides is 1. The molecule has 0 fully saturated rings. The van der Waals surface area contributed by atoms with Gasteiger partial charge in [-0.3, -0.25) is 4.79 Å². The summed E-state index contributed by atoms with van der Waals surface area (Å²) in [6.07, 6.45) is 0. The summed E-state index contributed by atoms with van der Waals surface area (Å²) >= 11 is 0. The molecule has 0 saturated heterocycles. The molecule has 66 valence electrons. The number of nitrogens with two attached hydrogens (primary N) is 1. The van der Waals surface area contributed by atoms with Gasteiger partial charge in [0.05, 0.1) is 0 Å². The normalized spacial score (nSPS) is 8.77. The Morgan fingerprint density at radius 2 is 2.00 bits per heavy atom. The number of benzene rings is 1. The standard InChI is InChI=1S/C11H11NO/c1-8-3-4-10(7-9(8)2)5-6-11(12)13/h3-4,7H,1-2H3,(H2,12,13). The maximum absolute atomic E-state index is 10.4. The van der Waals surface area contributed by atoms with E-state index in [-0.39, 0.29) is 0 Å². The summed E-state index contributed by atoms with van der Waals surface area (Å²) in [6.45, 7) is 4.03. The van der Waals surface area contributed by atoms with E-state index >= 15 is 0 Å². The number of rotatable bonds is 0. The van der Waals surface area contributed by atoms with Crippen LogP contribution in [0.25, 0.3) is 0 Å². The fourth-order valence-electron chi connectivity index (χ4n) is 0.953. The van der Waals surface area contributed by atoms with E-state index in [1.807, 2.05) is 32.0 Å². The molecule has 0 atom stereocenters. The Labute approximate surface area is 77.8 Å². The molecule has 0 aliphatic heterocycles. The van der Waals surface area contributed by atoms with Gasteiger partial charge in [0, 0.05) is 5.56 Å². The van der Waals surface area contributed by atoms with E-state index in [4.69, 9.17) is 5.73 Å². The molecule has 2 N–H and O–H groups in total. The Kier molecular flexibility index (Phi) is 2.71. The van der Waals surface area contributed by atoms with Crippen LogP contribution in [-0.2, 0) is 4.79 Å². The van der Waals surface area contributed by atoms with E-state index in [1.165, 1.54) is 5.56 Å². The quantitative estimate of drug-likeness (QED) is 0.587. The molecule has 0 heterocycles. The van der Waals surface area contributed by atoms with Gasteiger partial charge in [0.25, 0.3) is 5.91 Å². The van der Waals surface area contributed by atoms with Crippen molar-refractivity contribution < 1.29 is 4.79 Å². The molecule has 0 unspecified atom stereocenters. The number of aryl methyl sites for hydroxylation is 2. The van der Waals surface area contributed by atoms with Crippen LogP contribution in [0.5, 0.6) is 0 Å². The lowest BCUT2D eigenvalue weighted by molar-refractivity contribution is -0.112. The van der Waals surface area contributed by atoms with Gasteiger partial charge in [0.1, 0.15) is 0 Å². The van der Waals surface area contributed by atoms with Gasteiger partial charge in [0.2, 0.25) is 0 Å². The Balaban J connectivity index is 3.00. The number of carbonyl (C=O) groups is 1. The van der Waals surface area contributed by atoms with Gasteiger partial charge >= 0.3 is 0 Å². The van der Waals surface area contributed by atoms with E-state index in [0.29, 0.717) is 0 Å². The largest absolute Gasteiger partial charge is 0.359 e. The maximum atomic E-state index is 10.4. The van der Waals surface area contributed by atoms with E-state index in [0.717, 1.165) is 11.1 Å². The van der Waals surface area contributed by atoms with Crippen LogP contribution in [0.4, 0.5) is 0 Å². The van der Waals surface area contributed by atoms with Crippen molar-refractivity contribution in [1.82, 2.24) is 0 Å². The molecular formula is C11H11NO. The molecule has 1 aromatic carbocycles. The lowest BCUT2D eigenvalue weighted by Crippen LogP contribution is -2.06. The lowest BCUT2D eigenvalue weighted by atomic mass is 10.1. The predicted octanol–water partition coefficient (Wildman–Crippen LogP) is 1.14. The SMILES string of the molecule is Cc1ccc(C#CC(N)=O)cc1C. The first-order valence-corrected chi connectivity index (χ1v) is 3.98. The van der Waals surface area contributed by atoms with Gasteiger partial charge < -0.3 is 5.73 Å². The monoisotopic (exact) mass is 173 g/mol. The van der Waals surface area contributed by atoms with E-state index in [9.17, 15) is 4.79 Å². The van der Waals surface area contributed by atoms with E-state index in [1.54, 1.807) is 0 Å². The van der Waals surface area contributed by atoms with Gasteiger partial charge in [-0.15, -0.1) is 0 Å². The fourth-order valence-corrected chi connectivity index (χ4v) is 0.953. The highest BCUT2D eigenvalue weighted by atomic mass is 16.1. The summed E-state index contributed by atoms with van der Waals surface area (Å²) in [6, 6.07) is 5.78. The van der Waals surface area contributed by atoms with Crippen molar-refractivity contribution in [3.63, 3.8) is 0 Å². The lowest BCUT2D eigenvalue weighted by Gasteiger charge is -1.98. The number of hydrogen-bond donors (Lipinski definition) is 1. The third kappa shape index (κ3) is 2.64. The van der Waals surface area contributed by atoms with Crippen molar-refractivity contribution >= 4 is 5.91 Å². The average molecular weight is 173 g/mol. The third-order valence-electron chi connectivity index (χ3n) is 1.84. The van der Waals surface area contributed by atoms with Crippen LogP contribution in [0, 0.1) is 25.7 Å². The smallest absolute Gasteiger partial charge is 0.293 e. The maximum Gasteiger partial charge on any atom is 0.293 e. The van der Waals surface area contributed by atoms with Crippen molar-refractivity contribution in [2.24, 2.45) is 5.73 Å². The summed E-state index contributed by atoms with van der Waals surface area (Å²) in [5.41, 5.74) is 8.09.